The Bertz CT molecular complexity index is 634. The molecule has 0 amide bonds. The van der Waals surface area contributed by atoms with E-state index in [-0.39, 0.29) is 0 Å². The molecule has 112 valence electrons. The van der Waals surface area contributed by atoms with Crippen LogP contribution in [0.4, 0.5) is 0 Å². The quantitative estimate of drug-likeness (QED) is 0.372. The molecule has 0 aliphatic heterocycles. The number of allylic oxidation sites excluding steroid dienone is 2. The molecule has 0 heterocycles. The van der Waals surface area contributed by atoms with Crippen molar-refractivity contribution in [2.24, 2.45) is 0 Å². The highest BCUT2D eigenvalue weighted by Gasteiger charge is 2.19. The monoisotopic (exact) mass is 512 g/mol. The first-order valence-electron chi connectivity index (χ1n) is 7.66. The third-order valence-electron chi connectivity index (χ3n) is 4.05. The van der Waals surface area contributed by atoms with Gasteiger partial charge in [0.05, 0.1) is 0 Å². The van der Waals surface area contributed by atoms with Crippen LogP contribution >= 0.6 is 45.2 Å². The predicted molar refractivity (Wildman–Crippen MR) is 113 cm³/mol. The predicted octanol–water partition coefficient (Wildman–Crippen LogP) is 7.25. The van der Waals surface area contributed by atoms with Gasteiger partial charge in [0.2, 0.25) is 0 Å². The zero-order valence-corrected chi connectivity index (χ0v) is 16.7. The zero-order chi connectivity index (χ0) is 15.4. The van der Waals surface area contributed by atoms with Crippen LogP contribution in [0, 0.1) is 0 Å². The van der Waals surface area contributed by atoms with Crippen molar-refractivity contribution < 1.29 is 0 Å². The van der Waals surface area contributed by atoms with Crippen molar-refractivity contribution in [1.82, 2.24) is 0 Å². The van der Waals surface area contributed by atoms with Crippen LogP contribution in [0.1, 0.15) is 36.8 Å². The van der Waals surface area contributed by atoms with Crippen molar-refractivity contribution in [3.05, 3.63) is 82.9 Å². The molecule has 1 aliphatic rings. The summed E-state index contributed by atoms with van der Waals surface area (Å²) in [4.78, 5) is 0. The molecule has 1 aliphatic carbocycles. The molecule has 0 bridgehead atoms. The van der Waals surface area contributed by atoms with Gasteiger partial charge in [-0.1, -0.05) is 60.7 Å². The molecule has 2 heteroatoms. The molecule has 0 unspecified atom stereocenters. The molecule has 3 rings (SSSR count). The zero-order valence-electron chi connectivity index (χ0n) is 12.4. The highest BCUT2D eigenvalue weighted by Crippen LogP contribution is 2.43. The molecule has 0 nitrogen and oxygen atoms in total. The third-order valence-corrected chi connectivity index (χ3v) is 6.60. The molecule has 0 spiro atoms. The first-order valence-corrected chi connectivity index (χ1v) is 9.81. The second-order valence-electron chi connectivity index (χ2n) is 5.52. The summed E-state index contributed by atoms with van der Waals surface area (Å²) in [6.07, 6.45) is 5.00. The second kappa shape index (κ2) is 7.77. The van der Waals surface area contributed by atoms with Crippen LogP contribution in [0.3, 0.4) is 0 Å². The summed E-state index contributed by atoms with van der Waals surface area (Å²) >= 11 is 5.07. The number of benzene rings is 2. The van der Waals surface area contributed by atoms with E-state index >= 15 is 0 Å². The minimum atomic E-state index is 1.20. The smallest absolute Gasteiger partial charge is 0.0237 e. The van der Waals surface area contributed by atoms with Crippen LogP contribution in [0.15, 0.2) is 71.8 Å². The minimum absolute atomic E-state index is 1.20. The summed E-state index contributed by atoms with van der Waals surface area (Å²) < 4.78 is 2.83. The van der Waals surface area contributed by atoms with Crippen molar-refractivity contribution in [3.8, 4) is 0 Å². The molecule has 0 aromatic heterocycles. The largest absolute Gasteiger partial charge is 0.0622 e. The standard InChI is InChI=1S/C20H18I2/c21-19(15-9-3-1-4-10-15)17-13-7-8-14-18(17)20(22)16-11-5-2-6-12-16/h1-6,9-12H,7-8,13-14H2/b19-17-,20-18-. The van der Waals surface area contributed by atoms with Gasteiger partial charge in [0.1, 0.15) is 0 Å². The second-order valence-corrected chi connectivity index (χ2v) is 7.68. The Labute approximate surface area is 160 Å². The van der Waals surface area contributed by atoms with Gasteiger partial charge in [0, 0.05) is 7.16 Å². The van der Waals surface area contributed by atoms with Crippen molar-refractivity contribution in [2.75, 3.05) is 0 Å². The Balaban J connectivity index is 2.09. The lowest BCUT2D eigenvalue weighted by Gasteiger charge is -2.22. The van der Waals surface area contributed by atoms with Gasteiger partial charge in [-0.05, 0) is 93.1 Å². The van der Waals surface area contributed by atoms with Crippen molar-refractivity contribution in [2.45, 2.75) is 25.7 Å². The van der Waals surface area contributed by atoms with Crippen LogP contribution in [-0.4, -0.2) is 0 Å². The van der Waals surface area contributed by atoms with E-state index in [1.165, 1.54) is 44.0 Å². The van der Waals surface area contributed by atoms with Crippen molar-refractivity contribution in [3.63, 3.8) is 0 Å². The van der Waals surface area contributed by atoms with Gasteiger partial charge in [-0.15, -0.1) is 0 Å². The molecule has 2 aromatic carbocycles. The van der Waals surface area contributed by atoms with Crippen molar-refractivity contribution >= 4 is 52.3 Å². The lowest BCUT2D eigenvalue weighted by molar-refractivity contribution is 0.684. The average Bonchev–Trinajstić information content (AvgIpc) is 2.62. The molecule has 2 aromatic rings. The maximum Gasteiger partial charge on any atom is 0.0237 e. The maximum atomic E-state index is 2.54. The Morgan fingerprint density at radius 1 is 0.591 bits per heavy atom. The molecule has 0 N–H and O–H groups in total. The fraction of sp³-hybridized carbons (Fsp3) is 0.200. The van der Waals surface area contributed by atoms with E-state index in [0.717, 1.165) is 0 Å². The lowest BCUT2D eigenvalue weighted by Crippen LogP contribution is -2.02. The molecular formula is C20H18I2. The van der Waals surface area contributed by atoms with E-state index in [1.807, 2.05) is 0 Å². The Kier molecular flexibility index (Phi) is 5.74. The molecule has 0 atom stereocenters. The number of rotatable bonds is 2. The van der Waals surface area contributed by atoms with E-state index in [4.69, 9.17) is 0 Å². The molecule has 0 saturated heterocycles. The number of hydrogen-bond acceptors (Lipinski definition) is 0. The fourth-order valence-corrected chi connectivity index (χ4v) is 4.82. The minimum Gasteiger partial charge on any atom is -0.0622 e. The van der Waals surface area contributed by atoms with Crippen molar-refractivity contribution in [1.29, 1.82) is 0 Å². The van der Waals surface area contributed by atoms with Crippen LogP contribution in [0.25, 0.3) is 7.16 Å². The Morgan fingerprint density at radius 2 is 0.955 bits per heavy atom. The molecule has 0 radical (unpaired) electrons. The summed E-state index contributed by atoms with van der Waals surface area (Å²) in [6, 6.07) is 21.6. The van der Waals surface area contributed by atoms with Crippen LogP contribution in [0.2, 0.25) is 0 Å². The molecule has 22 heavy (non-hydrogen) atoms. The lowest BCUT2D eigenvalue weighted by atomic mass is 9.87. The summed E-state index contributed by atoms with van der Waals surface area (Å²) in [6.45, 7) is 0. The summed E-state index contributed by atoms with van der Waals surface area (Å²) in [5.41, 5.74) is 5.78. The topological polar surface area (TPSA) is 0 Å². The van der Waals surface area contributed by atoms with Gasteiger partial charge < -0.3 is 0 Å². The molecule has 1 fully saturated rings. The third kappa shape index (κ3) is 3.65. The molecular weight excluding hydrogens is 494 g/mol. The first-order chi connectivity index (χ1) is 10.8. The number of halogens is 2. The van der Waals surface area contributed by atoms with E-state index in [2.05, 4.69) is 106 Å². The first kappa shape index (κ1) is 16.2. The summed E-state index contributed by atoms with van der Waals surface area (Å²) in [5, 5.41) is 0. The van der Waals surface area contributed by atoms with Crippen LogP contribution in [-0.2, 0) is 0 Å². The van der Waals surface area contributed by atoms with Gasteiger partial charge in [0.15, 0.2) is 0 Å². The Hall–Kier alpha value is -0.620. The average molecular weight is 512 g/mol. The highest BCUT2D eigenvalue weighted by atomic mass is 127. The van der Waals surface area contributed by atoms with Gasteiger partial charge >= 0.3 is 0 Å². The highest BCUT2D eigenvalue weighted by molar-refractivity contribution is 14.1. The van der Waals surface area contributed by atoms with Gasteiger partial charge in [-0.25, -0.2) is 0 Å². The van der Waals surface area contributed by atoms with Gasteiger partial charge in [-0.2, -0.15) is 0 Å². The van der Waals surface area contributed by atoms with Crippen LogP contribution in [0.5, 0.6) is 0 Å². The molecule has 1 saturated carbocycles. The van der Waals surface area contributed by atoms with Gasteiger partial charge in [0.25, 0.3) is 0 Å². The van der Waals surface area contributed by atoms with E-state index < -0.39 is 0 Å². The normalized spacial score (nSPS) is 19.7. The van der Waals surface area contributed by atoms with E-state index in [1.54, 1.807) is 11.1 Å². The SMILES string of the molecule is I/C(=C1/CCCC/C1=C(/I)c1ccccc1)c1ccccc1. The van der Waals surface area contributed by atoms with Crippen LogP contribution < -0.4 is 0 Å². The summed E-state index contributed by atoms with van der Waals surface area (Å²) in [7, 11) is 0. The number of hydrogen-bond donors (Lipinski definition) is 0. The van der Waals surface area contributed by atoms with Gasteiger partial charge in [-0.3, -0.25) is 0 Å². The fourth-order valence-electron chi connectivity index (χ4n) is 2.91. The van der Waals surface area contributed by atoms with E-state index in [9.17, 15) is 0 Å². The Morgan fingerprint density at radius 3 is 1.32 bits per heavy atom. The summed E-state index contributed by atoms with van der Waals surface area (Å²) in [5.74, 6) is 0. The maximum absolute atomic E-state index is 2.54. The van der Waals surface area contributed by atoms with E-state index in [0.29, 0.717) is 0 Å².